The Hall–Kier alpha value is -4.77. The highest BCUT2D eigenvalue weighted by Crippen LogP contribution is 2.48. The number of anilines is 1. The normalized spacial score (nSPS) is 16.2. The molecule has 0 spiro atoms. The van der Waals surface area contributed by atoms with E-state index in [1.54, 1.807) is 48.5 Å². The van der Waals surface area contributed by atoms with E-state index in [1.807, 2.05) is 13.0 Å². The zero-order chi connectivity index (χ0) is 29.3. The summed E-state index contributed by atoms with van der Waals surface area (Å²) in [5, 5.41) is 11.8. The van der Waals surface area contributed by atoms with Crippen molar-refractivity contribution < 1.29 is 38.4 Å². The summed E-state index contributed by atoms with van der Waals surface area (Å²) in [6, 6.07) is 14.3. The van der Waals surface area contributed by atoms with Crippen LogP contribution in [0, 0.1) is 0 Å². The number of carbonyl (C=O) groups excluding carboxylic acids is 2. The minimum absolute atomic E-state index is 0.119. The van der Waals surface area contributed by atoms with Crippen LogP contribution in [0.5, 0.6) is 28.7 Å². The number of hydrogen-bond acceptors (Lipinski definition) is 10. The van der Waals surface area contributed by atoms with Crippen LogP contribution in [0.1, 0.15) is 24.1 Å². The molecule has 1 N–H and O–H groups in total. The molecule has 2 heterocycles. The van der Waals surface area contributed by atoms with Crippen LogP contribution in [0.3, 0.4) is 0 Å². The maximum absolute atomic E-state index is 13.7. The van der Waals surface area contributed by atoms with E-state index in [2.05, 4.69) is 4.98 Å². The Morgan fingerprint density at radius 3 is 2.29 bits per heavy atom. The van der Waals surface area contributed by atoms with Gasteiger partial charge in [0.1, 0.15) is 17.3 Å². The average Bonchev–Trinajstić information content (AvgIpc) is 3.53. The molecule has 11 heteroatoms. The molecule has 41 heavy (non-hydrogen) atoms. The molecule has 1 aliphatic rings. The van der Waals surface area contributed by atoms with Gasteiger partial charge >= 0.3 is 5.91 Å². The van der Waals surface area contributed by atoms with Crippen molar-refractivity contribution in [2.45, 2.75) is 13.0 Å². The molecule has 0 saturated carbocycles. The molecule has 1 amide bonds. The summed E-state index contributed by atoms with van der Waals surface area (Å²) in [5.41, 5.74) is 1.27. The maximum Gasteiger partial charge on any atom is 0.301 e. The smallest absolute Gasteiger partial charge is 0.301 e. The first-order valence-electron chi connectivity index (χ1n) is 12.6. The van der Waals surface area contributed by atoms with Gasteiger partial charge in [0.05, 0.1) is 56.9 Å². The van der Waals surface area contributed by atoms with E-state index in [4.69, 9.17) is 23.7 Å². The maximum atomic E-state index is 13.7. The number of ketones is 1. The Morgan fingerprint density at radius 2 is 1.66 bits per heavy atom. The van der Waals surface area contributed by atoms with Crippen LogP contribution in [0.25, 0.3) is 16.0 Å². The Labute approximate surface area is 240 Å². The van der Waals surface area contributed by atoms with Crippen molar-refractivity contribution in [1.82, 2.24) is 4.98 Å². The molecule has 1 aliphatic heterocycles. The van der Waals surface area contributed by atoms with Crippen molar-refractivity contribution in [2.24, 2.45) is 0 Å². The summed E-state index contributed by atoms with van der Waals surface area (Å²) in [6.45, 7) is 2.39. The molecule has 1 saturated heterocycles. The highest BCUT2D eigenvalue weighted by Gasteiger charge is 2.48. The molecule has 0 radical (unpaired) electrons. The lowest BCUT2D eigenvalue weighted by molar-refractivity contribution is -0.132. The summed E-state index contributed by atoms with van der Waals surface area (Å²) in [7, 11) is 5.92. The molecule has 1 atom stereocenters. The van der Waals surface area contributed by atoms with Crippen LogP contribution in [0.2, 0.25) is 0 Å². The number of amides is 1. The fourth-order valence-corrected chi connectivity index (χ4v) is 5.80. The zero-order valence-electron chi connectivity index (χ0n) is 23.1. The first-order chi connectivity index (χ1) is 19.8. The van der Waals surface area contributed by atoms with Crippen molar-refractivity contribution in [3.63, 3.8) is 0 Å². The fraction of sp³-hybridized carbons (Fsp3) is 0.233. The molecule has 10 nitrogen and oxygen atoms in total. The summed E-state index contributed by atoms with van der Waals surface area (Å²) in [6.07, 6.45) is 0. The topological polar surface area (TPSA) is 117 Å². The average molecular weight is 577 g/mol. The van der Waals surface area contributed by atoms with E-state index in [1.165, 1.54) is 44.7 Å². The Kier molecular flexibility index (Phi) is 7.71. The van der Waals surface area contributed by atoms with Crippen LogP contribution in [0.15, 0.2) is 60.2 Å². The third-order valence-electron chi connectivity index (χ3n) is 6.66. The minimum atomic E-state index is -1.07. The lowest BCUT2D eigenvalue weighted by Gasteiger charge is -2.24. The molecule has 4 aromatic rings. The monoisotopic (exact) mass is 576 g/mol. The fourth-order valence-electron chi connectivity index (χ4n) is 4.78. The van der Waals surface area contributed by atoms with Crippen molar-refractivity contribution >= 4 is 44.1 Å². The van der Waals surface area contributed by atoms with Gasteiger partial charge in [0, 0.05) is 5.56 Å². The molecular formula is C30H28N2O8S. The lowest BCUT2D eigenvalue weighted by Crippen LogP contribution is -2.29. The predicted molar refractivity (Wildman–Crippen MR) is 155 cm³/mol. The predicted octanol–water partition coefficient (Wildman–Crippen LogP) is 5.36. The number of ether oxygens (including phenoxy) is 5. The molecule has 212 valence electrons. The summed E-state index contributed by atoms with van der Waals surface area (Å²) in [4.78, 5) is 33.3. The number of fused-ring (bicyclic) bond motifs is 1. The number of thiazole rings is 1. The van der Waals surface area contributed by atoms with Crippen molar-refractivity contribution in [3.8, 4) is 28.7 Å². The summed E-state index contributed by atoms with van der Waals surface area (Å²) in [5.74, 6) is 0.0603. The first kappa shape index (κ1) is 27.8. The van der Waals surface area contributed by atoms with Crippen LogP contribution >= 0.6 is 11.3 Å². The van der Waals surface area contributed by atoms with Gasteiger partial charge in [-0.05, 0) is 55.0 Å². The van der Waals surface area contributed by atoms with Gasteiger partial charge < -0.3 is 28.8 Å². The van der Waals surface area contributed by atoms with Crippen molar-refractivity contribution in [3.05, 3.63) is 71.3 Å². The minimum Gasteiger partial charge on any atom is -0.507 e. The van der Waals surface area contributed by atoms with E-state index >= 15 is 0 Å². The van der Waals surface area contributed by atoms with Crippen LogP contribution in [-0.2, 0) is 9.59 Å². The number of aliphatic hydroxyl groups excluding tert-OH is 1. The Balaban J connectivity index is 1.76. The van der Waals surface area contributed by atoms with Gasteiger partial charge in [0.2, 0.25) is 5.75 Å². The second kappa shape index (κ2) is 11.4. The quantitative estimate of drug-likeness (QED) is 0.160. The van der Waals surface area contributed by atoms with Gasteiger partial charge in [0.15, 0.2) is 16.6 Å². The molecule has 1 unspecified atom stereocenters. The summed E-state index contributed by atoms with van der Waals surface area (Å²) >= 11 is 1.23. The molecule has 0 aliphatic carbocycles. The van der Waals surface area contributed by atoms with E-state index in [0.717, 1.165) is 4.70 Å². The van der Waals surface area contributed by atoms with Crippen LogP contribution in [0.4, 0.5) is 5.13 Å². The van der Waals surface area contributed by atoms with Crippen molar-refractivity contribution in [2.75, 3.05) is 39.9 Å². The number of Topliss-reactive ketones (excluding diaryl/α,β-unsaturated/α-hetero) is 1. The molecule has 5 rings (SSSR count). The van der Waals surface area contributed by atoms with Gasteiger partial charge in [-0.1, -0.05) is 23.5 Å². The van der Waals surface area contributed by atoms with E-state index in [9.17, 15) is 14.7 Å². The number of rotatable bonds is 9. The lowest BCUT2D eigenvalue weighted by atomic mass is 9.94. The standard InChI is InChI=1S/C30H28N2O8S/c1-6-40-19-10-11-20-23(15-19)41-30(31-20)32-25(17-13-21(37-3)28(39-5)22(14-17)38-4)24(27(34)29(32)35)26(33)16-8-7-9-18(12-16)36-2/h7-15,25,33H,6H2,1-5H3/b26-24+. The third kappa shape index (κ3) is 4.89. The Morgan fingerprint density at radius 1 is 0.927 bits per heavy atom. The van der Waals surface area contributed by atoms with Gasteiger partial charge in [0.25, 0.3) is 5.78 Å². The summed E-state index contributed by atoms with van der Waals surface area (Å²) < 4.78 is 28.3. The third-order valence-corrected chi connectivity index (χ3v) is 7.67. The molecule has 1 aromatic heterocycles. The molecule has 3 aromatic carbocycles. The van der Waals surface area contributed by atoms with Gasteiger partial charge in [-0.25, -0.2) is 4.98 Å². The van der Waals surface area contributed by atoms with Crippen molar-refractivity contribution in [1.29, 1.82) is 0 Å². The molecular weight excluding hydrogens is 548 g/mol. The number of aromatic nitrogens is 1. The number of aliphatic hydroxyl groups is 1. The van der Waals surface area contributed by atoms with Crippen LogP contribution in [-0.4, -0.2) is 56.8 Å². The SMILES string of the molecule is CCOc1ccc2nc(N3C(=O)C(=O)/C(=C(/O)c4cccc(OC)c4)C3c3cc(OC)c(OC)c(OC)c3)sc2c1. The Bertz CT molecular complexity index is 1650. The zero-order valence-corrected chi connectivity index (χ0v) is 23.9. The van der Waals surface area contributed by atoms with Crippen LogP contribution < -0.4 is 28.6 Å². The highest BCUT2D eigenvalue weighted by molar-refractivity contribution is 7.22. The first-order valence-corrected chi connectivity index (χ1v) is 13.5. The van der Waals surface area contributed by atoms with E-state index in [0.29, 0.717) is 52.0 Å². The largest absolute Gasteiger partial charge is 0.507 e. The second-order valence-corrected chi connectivity index (χ2v) is 9.93. The van der Waals surface area contributed by atoms with Gasteiger partial charge in [-0.3, -0.25) is 14.5 Å². The number of methoxy groups -OCH3 is 4. The van der Waals surface area contributed by atoms with Gasteiger partial charge in [-0.15, -0.1) is 0 Å². The molecule has 1 fully saturated rings. The van der Waals surface area contributed by atoms with E-state index in [-0.39, 0.29) is 16.5 Å². The second-order valence-electron chi connectivity index (χ2n) is 8.92. The van der Waals surface area contributed by atoms with Gasteiger partial charge in [-0.2, -0.15) is 0 Å². The number of benzene rings is 3. The number of nitrogens with zero attached hydrogens (tertiary/aromatic N) is 2. The highest BCUT2D eigenvalue weighted by atomic mass is 32.1. The number of carbonyl (C=O) groups is 2. The molecule has 0 bridgehead atoms. The number of hydrogen-bond donors (Lipinski definition) is 1. The van der Waals surface area contributed by atoms with E-state index < -0.39 is 17.7 Å².